The van der Waals surface area contributed by atoms with Gasteiger partial charge in [0.1, 0.15) is 5.75 Å². The van der Waals surface area contributed by atoms with Gasteiger partial charge in [-0.15, -0.1) is 0 Å². The first kappa shape index (κ1) is 41.7. The molecule has 2 N–H and O–H groups in total. The summed E-state index contributed by atoms with van der Waals surface area (Å²) in [4.78, 5) is 26.1. The minimum Gasteiger partial charge on any atom is -0.491 e. The number of nitrogens with one attached hydrogen (secondary N) is 2. The van der Waals surface area contributed by atoms with E-state index < -0.39 is 28.7 Å². The Bertz CT molecular complexity index is 1590. The van der Waals surface area contributed by atoms with Crippen LogP contribution < -0.4 is 19.7 Å². The molecule has 288 valence electrons. The average Bonchev–Trinajstić information content (AvgIpc) is 3.26. The number of fused-ring (bicyclic) bond motifs is 2. The van der Waals surface area contributed by atoms with E-state index in [1.165, 1.54) is 30.9 Å². The Kier molecular flexibility index (Phi) is 15.1. The summed E-state index contributed by atoms with van der Waals surface area (Å²) in [5, 5.41) is 3.13. The number of hydrogen-bond donors (Lipinski definition) is 2. The second kappa shape index (κ2) is 18.8. The third-order valence-corrected chi connectivity index (χ3v) is 12.7. The van der Waals surface area contributed by atoms with Crippen molar-refractivity contribution in [1.29, 1.82) is 0 Å². The van der Waals surface area contributed by atoms with E-state index in [1.807, 2.05) is 31.4 Å². The van der Waals surface area contributed by atoms with Crippen LogP contribution in [0, 0.1) is 23.7 Å². The summed E-state index contributed by atoms with van der Waals surface area (Å²) in [5.74, 6) is 4.74. The largest absolute Gasteiger partial charge is 0.491 e. The fraction of sp³-hybridized carbons (Fsp3) is 0.575. The number of carbonyl (C=O) groups excluding carboxylic acids is 2. The molecular formula is C40H55ClF3N3O4S. The first-order chi connectivity index (χ1) is 24.6. The van der Waals surface area contributed by atoms with Gasteiger partial charge in [0, 0.05) is 55.4 Å². The van der Waals surface area contributed by atoms with Crippen LogP contribution in [-0.4, -0.2) is 68.6 Å². The second-order valence-electron chi connectivity index (χ2n) is 14.5. The first-order valence-corrected chi connectivity index (χ1v) is 20.1. The number of benzene rings is 2. The summed E-state index contributed by atoms with van der Waals surface area (Å²) in [6, 6.07) is 12.2. The number of alkyl halides is 3. The SMILES string of the molecule is C=S1NC(=O)c2ccc3c(c2)N(CC(c2ccc(Cl)cc2CCC)CO3)CC2CCC2C(OC)/C=C/CC(C)C1C.CC(=O)NCC(C)C(F)(F)F. The highest BCUT2D eigenvalue weighted by Crippen LogP contribution is 2.43. The van der Waals surface area contributed by atoms with E-state index in [9.17, 15) is 22.8 Å². The number of amides is 2. The highest BCUT2D eigenvalue weighted by Gasteiger charge is 2.39. The molecule has 8 atom stereocenters. The molecule has 0 radical (unpaired) electrons. The molecular weight excluding hydrogens is 711 g/mol. The molecule has 8 unspecified atom stereocenters. The van der Waals surface area contributed by atoms with Crippen LogP contribution in [0.3, 0.4) is 0 Å². The Labute approximate surface area is 315 Å². The Morgan fingerprint density at radius 3 is 2.58 bits per heavy atom. The van der Waals surface area contributed by atoms with Crippen molar-refractivity contribution < 1.29 is 32.2 Å². The van der Waals surface area contributed by atoms with Crippen LogP contribution >= 0.6 is 22.3 Å². The van der Waals surface area contributed by atoms with Crippen LogP contribution in [0.25, 0.3) is 0 Å². The van der Waals surface area contributed by atoms with Gasteiger partial charge in [-0.05, 0) is 84.9 Å². The number of aryl methyl sites for hydroxylation is 1. The highest BCUT2D eigenvalue weighted by atomic mass is 35.5. The molecule has 2 heterocycles. The van der Waals surface area contributed by atoms with E-state index in [0.717, 1.165) is 55.7 Å². The number of allylic oxidation sites excluding steroid dienone is 1. The van der Waals surface area contributed by atoms with Gasteiger partial charge in [-0.3, -0.25) is 9.59 Å². The monoisotopic (exact) mass is 765 g/mol. The van der Waals surface area contributed by atoms with E-state index >= 15 is 0 Å². The Hall–Kier alpha value is -3.02. The molecule has 2 aliphatic heterocycles. The molecule has 1 aliphatic carbocycles. The van der Waals surface area contributed by atoms with Crippen LogP contribution in [-0.2, 0) is 16.0 Å². The van der Waals surface area contributed by atoms with Gasteiger partial charge in [0.2, 0.25) is 5.91 Å². The third kappa shape index (κ3) is 11.0. The van der Waals surface area contributed by atoms with Crippen molar-refractivity contribution in [1.82, 2.24) is 10.0 Å². The van der Waals surface area contributed by atoms with Gasteiger partial charge in [-0.1, -0.05) is 80.5 Å². The number of rotatable bonds is 6. The average molecular weight is 766 g/mol. The Balaban J connectivity index is 0.000000477. The molecule has 7 nitrogen and oxygen atoms in total. The fourth-order valence-corrected chi connectivity index (χ4v) is 8.38. The van der Waals surface area contributed by atoms with Crippen molar-refractivity contribution in [3.8, 4) is 5.75 Å². The van der Waals surface area contributed by atoms with E-state index in [-0.39, 0.29) is 29.7 Å². The summed E-state index contributed by atoms with van der Waals surface area (Å²) < 4.78 is 51.0. The molecule has 1 saturated carbocycles. The molecule has 2 aromatic carbocycles. The zero-order chi connectivity index (χ0) is 38.2. The van der Waals surface area contributed by atoms with Crippen molar-refractivity contribution in [3.63, 3.8) is 0 Å². The number of anilines is 1. The summed E-state index contributed by atoms with van der Waals surface area (Å²) in [6.07, 6.45) is 5.78. The molecule has 1 fully saturated rings. The molecule has 2 amide bonds. The maximum atomic E-state index is 13.4. The third-order valence-electron chi connectivity index (χ3n) is 10.7. The Morgan fingerprint density at radius 2 is 1.94 bits per heavy atom. The van der Waals surface area contributed by atoms with Gasteiger partial charge in [-0.25, -0.2) is 0 Å². The number of ether oxygens (including phenoxy) is 2. The lowest BCUT2D eigenvalue weighted by Gasteiger charge is -2.43. The summed E-state index contributed by atoms with van der Waals surface area (Å²) in [5.41, 5.74) is 4.26. The quantitative estimate of drug-likeness (QED) is 0.227. The van der Waals surface area contributed by atoms with Crippen molar-refractivity contribution in [2.24, 2.45) is 23.7 Å². The number of hydrogen-bond acceptors (Lipinski definition) is 5. The molecule has 2 aromatic rings. The van der Waals surface area contributed by atoms with E-state index in [0.29, 0.717) is 29.9 Å². The topological polar surface area (TPSA) is 79.9 Å². The van der Waals surface area contributed by atoms with Gasteiger partial charge in [0.25, 0.3) is 5.91 Å². The number of carbonyl (C=O) groups is 2. The van der Waals surface area contributed by atoms with Crippen LogP contribution in [0.15, 0.2) is 48.6 Å². The normalized spacial score (nSPS) is 27.6. The van der Waals surface area contributed by atoms with Gasteiger partial charge in [0.05, 0.1) is 24.3 Å². The van der Waals surface area contributed by atoms with E-state index in [2.05, 4.69) is 65.9 Å². The second-order valence-corrected chi connectivity index (χ2v) is 16.7. The van der Waals surface area contributed by atoms with Gasteiger partial charge >= 0.3 is 6.18 Å². The maximum absolute atomic E-state index is 13.4. The molecule has 3 aliphatic rings. The van der Waals surface area contributed by atoms with Crippen LogP contribution in [0.5, 0.6) is 5.75 Å². The van der Waals surface area contributed by atoms with Crippen molar-refractivity contribution >= 4 is 45.6 Å². The van der Waals surface area contributed by atoms with Crippen LogP contribution in [0.2, 0.25) is 5.02 Å². The predicted octanol–water partition coefficient (Wildman–Crippen LogP) is 8.97. The van der Waals surface area contributed by atoms with Crippen LogP contribution in [0.4, 0.5) is 18.9 Å². The minimum absolute atomic E-state index is 0.0718. The molecule has 52 heavy (non-hydrogen) atoms. The van der Waals surface area contributed by atoms with E-state index in [4.69, 9.17) is 21.1 Å². The predicted molar refractivity (Wildman–Crippen MR) is 208 cm³/mol. The standard InChI is InChI=1S/C34H45ClN2O3S.C6H10F3NO/c1-6-8-24-17-28(35)13-15-29(24)27-20-37-19-26-11-14-30(26)32(39-4)10-7-9-22(2)23(3)41(5)36-34(38)25-12-16-33(40-21-27)31(37)18-25;1-4(6(7,8)9)3-10-5(2)11/h7,10,12-13,15-18,22-23,26-27,30,32H,5-6,8-9,11,14,19-21H2,1-4H3,(H,36,38);4H,3H2,1-2H3,(H,10,11)/b10-7+;. The lowest BCUT2D eigenvalue weighted by molar-refractivity contribution is -0.168. The number of nitrogens with zero attached hydrogens (tertiary/aromatic N) is 1. The van der Waals surface area contributed by atoms with Crippen LogP contribution in [0.1, 0.15) is 87.7 Å². The smallest absolute Gasteiger partial charge is 0.393 e. The zero-order valence-corrected chi connectivity index (χ0v) is 32.8. The fourth-order valence-electron chi connectivity index (χ4n) is 6.97. The number of halogens is 4. The van der Waals surface area contributed by atoms with Gasteiger partial charge in [-0.2, -0.15) is 13.2 Å². The molecule has 0 aromatic heterocycles. The molecule has 2 bridgehead atoms. The van der Waals surface area contributed by atoms with Crippen molar-refractivity contribution in [2.75, 3.05) is 38.3 Å². The van der Waals surface area contributed by atoms with E-state index in [1.54, 1.807) is 0 Å². The zero-order valence-electron chi connectivity index (χ0n) is 31.2. The maximum Gasteiger partial charge on any atom is 0.393 e. The molecule has 0 saturated heterocycles. The van der Waals surface area contributed by atoms with Crippen molar-refractivity contribution in [2.45, 2.75) is 90.2 Å². The van der Waals surface area contributed by atoms with Crippen molar-refractivity contribution in [3.05, 3.63) is 70.3 Å². The summed E-state index contributed by atoms with van der Waals surface area (Å²) in [6.45, 7) is 10.8. The molecule has 0 spiro atoms. The highest BCUT2D eigenvalue weighted by molar-refractivity contribution is 8.13. The lowest BCUT2D eigenvalue weighted by atomic mass is 9.70. The lowest BCUT2D eigenvalue weighted by Crippen LogP contribution is -2.44. The number of methoxy groups -OCH3 is 1. The summed E-state index contributed by atoms with van der Waals surface area (Å²) in [7, 11) is 1.34. The molecule has 5 rings (SSSR count). The molecule has 12 heteroatoms. The minimum atomic E-state index is -4.22. The van der Waals surface area contributed by atoms with Gasteiger partial charge < -0.3 is 24.4 Å². The Morgan fingerprint density at radius 1 is 1.19 bits per heavy atom. The first-order valence-electron chi connectivity index (χ1n) is 18.3. The summed E-state index contributed by atoms with van der Waals surface area (Å²) >= 11 is 6.42. The van der Waals surface area contributed by atoms with Gasteiger partial charge in [0.15, 0.2) is 0 Å².